The number of hydrogen-bond acceptors (Lipinski definition) is 3. The fourth-order valence-corrected chi connectivity index (χ4v) is 3.17. The number of rotatable bonds is 5. The second-order valence-electron chi connectivity index (χ2n) is 5.40. The van der Waals surface area contributed by atoms with Crippen molar-refractivity contribution in [1.29, 1.82) is 0 Å². The minimum atomic E-state index is -0.0411. The van der Waals surface area contributed by atoms with Crippen molar-refractivity contribution in [3.8, 4) is 5.75 Å². The van der Waals surface area contributed by atoms with Crippen molar-refractivity contribution >= 4 is 17.5 Å². The highest BCUT2D eigenvalue weighted by Crippen LogP contribution is 2.40. The van der Waals surface area contributed by atoms with Gasteiger partial charge in [0.2, 0.25) is 5.91 Å². The van der Waals surface area contributed by atoms with Gasteiger partial charge < -0.3 is 14.4 Å². The van der Waals surface area contributed by atoms with Crippen molar-refractivity contribution in [2.24, 2.45) is 0 Å². The van der Waals surface area contributed by atoms with E-state index in [1.165, 1.54) is 11.1 Å². The second kappa shape index (κ2) is 7.14. The number of likely N-dealkylation sites (N-methyl/N-ethyl adjacent to an activating group) is 1. The minimum Gasteiger partial charge on any atom is -0.497 e. The number of fused-ring (bicyclic) bond motifs is 1. The van der Waals surface area contributed by atoms with Crippen molar-refractivity contribution in [2.75, 3.05) is 33.7 Å². The van der Waals surface area contributed by atoms with Crippen LogP contribution >= 0.6 is 11.6 Å². The number of benzene rings is 1. The van der Waals surface area contributed by atoms with Gasteiger partial charge in [-0.25, -0.2) is 0 Å². The quantitative estimate of drug-likeness (QED) is 0.785. The molecule has 2 atom stereocenters. The lowest BCUT2D eigenvalue weighted by molar-refractivity contribution is -0.127. The van der Waals surface area contributed by atoms with E-state index in [0.29, 0.717) is 12.5 Å². The first-order chi connectivity index (χ1) is 10.1. The lowest BCUT2D eigenvalue weighted by atomic mass is 9.80. The third-order valence-electron chi connectivity index (χ3n) is 4.18. The van der Waals surface area contributed by atoms with Crippen LogP contribution in [0.1, 0.15) is 36.0 Å². The standard InChI is InChI=1S/C16H22ClNO3/c1-18(16(19)9-17)10-11-4-7-15(21-3)14-8-12(20-2)5-6-13(11)14/h5-6,8,11,15H,4,7,9-10H2,1-3H3. The topological polar surface area (TPSA) is 38.8 Å². The number of hydrogen-bond donors (Lipinski definition) is 0. The van der Waals surface area contributed by atoms with E-state index < -0.39 is 0 Å². The smallest absolute Gasteiger partial charge is 0.237 e. The van der Waals surface area contributed by atoms with Crippen LogP contribution < -0.4 is 4.74 Å². The van der Waals surface area contributed by atoms with E-state index >= 15 is 0 Å². The Hall–Kier alpha value is -1.26. The van der Waals surface area contributed by atoms with Crippen LogP contribution in [0.15, 0.2) is 18.2 Å². The molecule has 0 saturated carbocycles. The van der Waals surface area contributed by atoms with Gasteiger partial charge in [-0.3, -0.25) is 4.79 Å². The molecule has 4 nitrogen and oxygen atoms in total. The van der Waals surface area contributed by atoms with Crippen LogP contribution in [0.5, 0.6) is 5.75 Å². The van der Waals surface area contributed by atoms with Crippen molar-refractivity contribution in [2.45, 2.75) is 24.9 Å². The van der Waals surface area contributed by atoms with Gasteiger partial charge in [0.15, 0.2) is 0 Å². The molecule has 1 aliphatic rings. The lowest BCUT2D eigenvalue weighted by Crippen LogP contribution is -2.33. The molecule has 1 aliphatic carbocycles. The highest BCUT2D eigenvalue weighted by molar-refractivity contribution is 6.27. The van der Waals surface area contributed by atoms with Crippen molar-refractivity contribution in [3.05, 3.63) is 29.3 Å². The monoisotopic (exact) mass is 311 g/mol. The summed E-state index contributed by atoms with van der Waals surface area (Å²) in [6.45, 7) is 0.682. The molecule has 2 unspecified atom stereocenters. The predicted molar refractivity (Wildman–Crippen MR) is 83.1 cm³/mol. The van der Waals surface area contributed by atoms with Gasteiger partial charge in [-0.1, -0.05) is 6.07 Å². The Labute approximate surface area is 131 Å². The second-order valence-corrected chi connectivity index (χ2v) is 5.67. The fourth-order valence-electron chi connectivity index (χ4n) is 2.96. The lowest BCUT2D eigenvalue weighted by Gasteiger charge is -2.33. The van der Waals surface area contributed by atoms with E-state index in [1.54, 1.807) is 26.2 Å². The Morgan fingerprint density at radius 3 is 2.71 bits per heavy atom. The molecular weight excluding hydrogens is 290 g/mol. The van der Waals surface area contributed by atoms with Crippen molar-refractivity contribution in [1.82, 2.24) is 4.90 Å². The first kappa shape index (κ1) is 16.1. The van der Waals surface area contributed by atoms with Crippen LogP contribution in [0, 0.1) is 0 Å². The highest BCUT2D eigenvalue weighted by Gasteiger charge is 2.29. The number of carbonyl (C=O) groups is 1. The summed E-state index contributed by atoms with van der Waals surface area (Å²) in [4.78, 5) is 13.4. The SMILES string of the molecule is COc1ccc2c(c1)C(OC)CCC2CN(C)C(=O)CCl. The summed E-state index contributed by atoms with van der Waals surface area (Å²) in [7, 11) is 5.20. The molecule has 0 aromatic heterocycles. The first-order valence-electron chi connectivity index (χ1n) is 7.11. The zero-order valence-corrected chi connectivity index (χ0v) is 13.5. The molecule has 1 aromatic rings. The summed E-state index contributed by atoms with van der Waals surface area (Å²) in [6.07, 6.45) is 2.04. The average Bonchev–Trinajstić information content (AvgIpc) is 2.53. The van der Waals surface area contributed by atoms with E-state index in [1.807, 2.05) is 12.1 Å². The summed E-state index contributed by atoms with van der Waals surface area (Å²) < 4.78 is 10.9. The number of nitrogens with zero attached hydrogens (tertiary/aromatic N) is 1. The number of methoxy groups -OCH3 is 2. The maximum atomic E-state index is 11.7. The predicted octanol–water partition coefficient (Wildman–Crippen LogP) is 2.96. The fraction of sp³-hybridized carbons (Fsp3) is 0.562. The zero-order chi connectivity index (χ0) is 15.4. The largest absolute Gasteiger partial charge is 0.497 e. The zero-order valence-electron chi connectivity index (χ0n) is 12.8. The molecule has 116 valence electrons. The number of carbonyl (C=O) groups excluding carboxylic acids is 1. The average molecular weight is 312 g/mol. The van der Waals surface area contributed by atoms with Gasteiger partial charge in [-0.2, -0.15) is 0 Å². The van der Waals surface area contributed by atoms with E-state index in [2.05, 4.69) is 6.07 Å². The van der Waals surface area contributed by atoms with Crippen molar-refractivity contribution in [3.63, 3.8) is 0 Å². The van der Waals surface area contributed by atoms with Gasteiger partial charge >= 0.3 is 0 Å². The van der Waals surface area contributed by atoms with E-state index in [0.717, 1.165) is 18.6 Å². The van der Waals surface area contributed by atoms with E-state index in [9.17, 15) is 4.79 Å². The first-order valence-corrected chi connectivity index (χ1v) is 7.64. The molecule has 21 heavy (non-hydrogen) atoms. The Kier molecular flexibility index (Phi) is 5.48. The molecule has 0 bridgehead atoms. The molecule has 5 heteroatoms. The van der Waals surface area contributed by atoms with E-state index in [-0.39, 0.29) is 17.9 Å². The van der Waals surface area contributed by atoms with Gasteiger partial charge in [-0.05, 0) is 36.1 Å². The van der Waals surface area contributed by atoms with Crippen LogP contribution in [-0.2, 0) is 9.53 Å². The van der Waals surface area contributed by atoms with Gasteiger partial charge in [0.05, 0.1) is 13.2 Å². The van der Waals surface area contributed by atoms with Crippen LogP contribution in [-0.4, -0.2) is 44.5 Å². The summed E-state index contributed by atoms with van der Waals surface area (Å²) in [6, 6.07) is 6.09. The Balaban J connectivity index is 2.25. The molecule has 0 heterocycles. The summed E-state index contributed by atoms with van der Waals surface area (Å²) in [5.74, 6) is 1.14. The molecule has 0 radical (unpaired) electrons. The third kappa shape index (κ3) is 3.50. The van der Waals surface area contributed by atoms with Crippen LogP contribution in [0.4, 0.5) is 0 Å². The Morgan fingerprint density at radius 2 is 2.10 bits per heavy atom. The summed E-state index contributed by atoms with van der Waals surface area (Å²) >= 11 is 5.62. The summed E-state index contributed by atoms with van der Waals surface area (Å²) in [5, 5.41) is 0. The van der Waals surface area contributed by atoms with E-state index in [4.69, 9.17) is 21.1 Å². The number of alkyl halides is 1. The Bertz CT molecular complexity index is 506. The normalized spacial score (nSPS) is 20.8. The molecule has 0 saturated heterocycles. The Morgan fingerprint density at radius 1 is 1.33 bits per heavy atom. The number of amides is 1. The molecule has 0 aliphatic heterocycles. The van der Waals surface area contributed by atoms with Crippen molar-refractivity contribution < 1.29 is 14.3 Å². The summed E-state index contributed by atoms with van der Waals surface area (Å²) in [5.41, 5.74) is 2.41. The molecule has 1 aromatic carbocycles. The van der Waals surface area contributed by atoms with Gasteiger partial charge in [0, 0.05) is 26.6 Å². The van der Waals surface area contributed by atoms with Crippen LogP contribution in [0.25, 0.3) is 0 Å². The minimum absolute atomic E-state index is 0.0272. The van der Waals surface area contributed by atoms with Gasteiger partial charge in [0.25, 0.3) is 0 Å². The molecule has 0 spiro atoms. The molecule has 0 fully saturated rings. The molecule has 2 rings (SSSR count). The maximum absolute atomic E-state index is 11.7. The molecule has 1 amide bonds. The maximum Gasteiger partial charge on any atom is 0.237 e. The number of ether oxygens (including phenoxy) is 2. The molecule has 0 N–H and O–H groups in total. The third-order valence-corrected chi connectivity index (χ3v) is 4.41. The van der Waals surface area contributed by atoms with Gasteiger partial charge in [0.1, 0.15) is 11.6 Å². The number of halogens is 1. The molecular formula is C16H22ClNO3. The van der Waals surface area contributed by atoms with Gasteiger partial charge in [-0.15, -0.1) is 11.6 Å². The van der Waals surface area contributed by atoms with Crippen LogP contribution in [0.2, 0.25) is 0 Å². The highest BCUT2D eigenvalue weighted by atomic mass is 35.5. The van der Waals surface area contributed by atoms with Crippen LogP contribution in [0.3, 0.4) is 0 Å².